The van der Waals surface area contributed by atoms with Crippen LogP contribution in [0.2, 0.25) is 0 Å². The van der Waals surface area contributed by atoms with Gasteiger partial charge in [-0.3, -0.25) is 14.4 Å². The number of rotatable bonds is 6. The van der Waals surface area contributed by atoms with Gasteiger partial charge >= 0.3 is 0 Å². The summed E-state index contributed by atoms with van der Waals surface area (Å²) in [6.45, 7) is 4.24. The van der Waals surface area contributed by atoms with Crippen LogP contribution in [0, 0.1) is 0 Å². The lowest BCUT2D eigenvalue weighted by atomic mass is 10.1. The highest BCUT2D eigenvalue weighted by atomic mass is 16.2. The highest BCUT2D eigenvalue weighted by Gasteiger charge is 2.10. The maximum absolute atomic E-state index is 11.9. The van der Waals surface area contributed by atoms with E-state index in [4.69, 9.17) is 0 Å². The summed E-state index contributed by atoms with van der Waals surface area (Å²) in [7, 11) is 0. The summed E-state index contributed by atoms with van der Waals surface area (Å²) in [5, 5.41) is 7.01. The Balaban J connectivity index is 1.50. The second-order valence-electron chi connectivity index (χ2n) is 6.49. The Morgan fingerprint density at radius 2 is 1.88 bits per heavy atom. The number of nitrogens with one attached hydrogen (secondary N) is 1. The van der Waals surface area contributed by atoms with Gasteiger partial charge in [0.25, 0.3) is 0 Å². The molecule has 2 aromatic rings. The molecule has 0 spiro atoms. The van der Waals surface area contributed by atoms with Gasteiger partial charge in [-0.05, 0) is 43.1 Å². The number of hydrogen-bond donors (Lipinski definition) is 1. The summed E-state index contributed by atoms with van der Waals surface area (Å²) in [6, 6.07) is 10.4. The van der Waals surface area contributed by atoms with Crippen molar-refractivity contribution in [3.05, 3.63) is 53.9 Å². The maximum Gasteiger partial charge on any atom is 0.241 e. The van der Waals surface area contributed by atoms with Crippen molar-refractivity contribution in [2.24, 2.45) is 0 Å². The number of hydrogen-bond acceptors (Lipinski definition) is 3. The summed E-state index contributed by atoms with van der Waals surface area (Å²) in [5.41, 5.74) is 2.48. The van der Waals surface area contributed by atoms with Crippen molar-refractivity contribution in [2.75, 3.05) is 13.1 Å². The van der Waals surface area contributed by atoms with Crippen molar-refractivity contribution >= 4 is 5.91 Å². The fourth-order valence-electron chi connectivity index (χ4n) is 3.19. The summed E-state index contributed by atoms with van der Waals surface area (Å²) >= 11 is 0. The third kappa shape index (κ3) is 5.20. The van der Waals surface area contributed by atoms with Gasteiger partial charge in [-0.15, -0.1) is 0 Å². The first kappa shape index (κ1) is 16.7. The van der Waals surface area contributed by atoms with E-state index in [0.717, 1.165) is 12.1 Å². The Labute approximate surface area is 143 Å². The first-order valence-electron chi connectivity index (χ1n) is 8.84. The normalized spacial score (nSPS) is 15.8. The Hall–Kier alpha value is -2.14. The molecule has 2 heterocycles. The molecule has 1 N–H and O–H groups in total. The predicted octanol–water partition coefficient (Wildman–Crippen LogP) is 2.58. The largest absolute Gasteiger partial charge is 0.350 e. The first-order valence-corrected chi connectivity index (χ1v) is 8.84. The fourth-order valence-corrected chi connectivity index (χ4v) is 3.19. The molecule has 0 aliphatic carbocycles. The molecule has 1 fully saturated rings. The van der Waals surface area contributed by atoms with E-state index in [9.17, 15) is 4.79 Å². The van der Waals surface area contributed by atoms with Crippen LogP contribution in [0.15, 0.2) is 42.7 Å². The quantitative estimate of drug-likeness (QED) is 0.887. The second-order valence-corrected chi connectivity index (χ2v) is 6.49. The van der Waals surface area contributed by atoms with E-state index in [2.05, 4.69) is 39.6 Å². The highest BCUT2D eigenvalue weighted by Crippen LogP contribution is 2.14. The number of benzene rings is 1. The Morgan fingerprint density at radius 3 is 2.62 bits per heavy atom. The van der Waals surface area contributed by atoms with Gasteiger partial charge in [-0.25, -0.2) is 0 Å². The SMILES string of the molecule is O=C(Cn1cccn1)NCc1cccc(CN2CCCCCC2)c1. The van der Waals surface area contributed by atoms with Gasteiger partial charge in [0.1, 0.15) is 6.54 Å². The van der Waals surface area contributed by atoms with Crippen molar-refractivity contribution in [1.82, 2.24) is 20.0 Å². The molecule has 0 bridgehead atoms. The number of aromatic nitrogens is 2. The van der Waals surface area contributed by atoms with E-state index in [0.29, 0.717) is 6.54 Å². The van der Waals surface area contributed by atoms with Gasteiger partial charge in [0.05, 0.1) is 0 Å². The molecular weight excluding hydrogens is 300 g/mol. The molecule has 128 valence electrons. The summed E-state index contributed by atoms with van der Waals surface area (Å²) < 4.78 is 1.63. The molecule has 1 amide bonds. The minimum atomic E-state index is -0.0170. The first-order chi connectivity index (χ1) is 11.8. The average Bonchev–Trinajstić information content (AvgIpc) is 2.96. The molecule has 0 atom stereocenters. The number of carbonyl (C=O) groups is 1. The standard InChI is InChI=1S/C19H26N4O/c24-19(16-23-12-6-9-21-23)20-14-17-7-5-8-18(13-17)15-22-10-3-1-2-4-11-22/h5-9,12-13H,1-4,10-11,14-16H2,(H,20,24). The molecule has 5 nitrogen and oxygen atoms in total. The minimum absolute atomic E-state index is 0.0170. The number of nitrogens with zero attached hydrogens (tertiary/aromatic N) is 3. The minimum Gasteiger partial charge on any atom is -0.350 e. The van der Waals surface area contributed by atoms with Crippen LogP contribution < -0.4 is 5.32 Å². The Bertz CT molecular complexity index is 631. The van der Waals surface area contributed by atoms with Gasteiger partial charge in [0, 0.05) is 25.5 Å². The number of carbonyl (C=O) groups excluding carboxylic acids is 1. The molecule has 0 radical (unpaired) electrons. The summed E-state index contributed by atoms with van der Waals surface area (Å²) in [6.07, 6.45) is 8.81. The van der Waals surface area contributed by atoms with Crippen LogP contribution >= 0.6 is 0 Å². The Morgan fingerprint density at radius 1 is 1.08 bits per heavy atom. The van der Waals surface area contributed by atoms with Crippen molar-refractivity contribution in [1.29, 1.82) is 0 Å². The van der Waals surface area contributed by atoms with Crippen LogP contribution in [0.5, 0.6) is 0 Å². The molecule has 5 heteroatoms. The van der Waals surface area contributed by atoms with Crippen LogP contribution in [0.25, 0.3) is 0 Å². The molecule has 0 saturated carbocycles. The van der Waals surface area contributed by atoms with Gasteiger partial charge in [-0.1, -0.05) is 37.1 Å². The van der Waals surface area contributed by atoms with E-state index >= 15 is 0 Å². The molecule has 1 aromatic heterocycles. The summed E-state index contributed by atoms with van der Waals surface area (Å²) in [5.74, 6) is -0.0170. The molecule has 1 aromatic carbocycles. The molecule has 24 heavy (non-hydrogen) atoms. The third-order valence-electron chi connectivity index (χ3n) is 4.45. The average molecular weight is 326 g/mol. The van der Waals surface area contributed by atoms with Crippen LogP contribution in [-0.4, -0.2) is 33.7 Å². The van der Waals surface area contributed by atoms with Crippen molar-refractivity contribution < 1.29 is 4.79 Å². The highest BCUT2D eigenvalue weighted by molar-refractivity contribution is 5.75. The fraction of sp³-hybridized carbons (Fsp3) is 0.474. The van der Waals surface area contributed by atoms with Gasteiger partial charge < -0.3 is 5.32 Å². The predicted molar refractivity (Wildman–Crippen MR) is 94.3 cm³/mol. The monoisotopic (exact) mass is 326 g/mol. The molecular formula is C19H26N4O. The van der Waals surface area contributed by atoms with Crippen LogP contribution in [0.3, 0.4) is 0 Å². The van der Waals surface area contributed by atoms with Crippen LogP contribution in [-0.2, 0) is 24.4 Å². The van der Waals surface area contributed by atoms with Crippen molar-refractivity contribution in [2.45, 2.75) is 45.3 Å². The zero-order chi connectivity index (χ0) is 16.6. The second kappa shape index (κ2) is 8.64. The van der Waals surface area contributed by atoms with E-state index < -0.39 is 0 Å². The van der Waals surface area contributed by atoms with E-state index in [1.54, 1.807) is 17.1 Å². The smallest absolute Gasteiger partial charge is 0.241 e. The van der Waals surface area contributed by atoms with E-state index in [1.807, 2.05) is 6.07 Å². The molecule has 1 saturated heterocycles. The molecule has 1 aliphatic rings. The molecule has 3 rings (SSSR count). The van der Waals surface area contributed by atoms with Crippen molar-refractivity contribution in [3.8, 4) is 0 Å². The lowest BCUT2D eigenvalue weighted by Gasteiger charge is -2.20. The summed E-state index contributed by atoms with van der Waals surface area (Å²) in [4.78, 5) is 14.5. The molecule has 0 unspecified atom stereocenters. The lowest BCUT2D eigenvalue weighted by Crippen LogP contribution is -2.27. The van der Waals surface area contributed by atoms with Gasteiger partial charge in [-0.2, -0.15) is 5.10 Å². The van der Waals surface area contributed by atoms with E-state index in [-0.39, 0.29) is 12.5 Å². The zero-order valence-electron chi connectivity index (χ0n) is 14.2. The molecule has 1 aliphatic heterocycles. The van der Waals surface area contributed by atoms with Crippen LogP contribution in [0.4, 0.5) is 0 Å². The number of likely N-dealkylation sites (tertiary alicyclic amines) is 1. The van der Waals surface area contributed by atoms with Crippen molar-refractivity contribution in [3.63, 3.8) is 0 Å². The van der Waals surface area contributed by atoms with E-state index in [1.165, 1.54) is 44.3 Å². The topological polar surface area (TPSA) is 50.2 Å². The third-order valence-corrected chi connectivity index (χ3v) is 4.45. The number of amides is 1. The Kier molecular flexibility index (Phi) is 6.01. The van der Waals surface area contributed by atoms with Gasteiger partial charge in [0.2, 0.25) is 5.91 Å². The maximum atomic E-state index is 11.9. The van der Waals surface area contributed by atoms with Crippen LogP contribution in [0.1, 0.15) is 36.8 Å². The van der Waals surface area contributed by atoms with Gasteiger partial charge in [0.15, 0.2) is 0 Å². The lowest BCUT2D eigenvalue weighted by molar-refractivity contribution is -0.122. The zero-order valence-corrected chi connectivity index (χ0v) is 14.2.